The standard InChI is InChI=1S/C13H7F3N6O3S/c14-13(15,16)7-3-9-8(4-10(7)25-26-20-2-1-17-5-20)21-6-18-19-11(21)12(23)22(9)24/h1-6,24H. The van der Waals surface area contributed by atoms with E-state index in [4.69, 9.17) is 4.18 Å². The molecule has 0 bridgehead atoms. The van der Waals surface area contributed by atoms with Gasteiger partial charge in [0.25, 0.3) is 0 Å². The molecule has 26 heavy (non-hydrogen) atoms. The normalized spacial score (nSPS) is 12.1. The van der Waals surface area contributed by atoms with Crippen molar-refractivity contribution in [3.05, 3.63) is 53.1 Å². The highest BCUT2D eigenvalue weighted by Gasteiger charge is 2.36. The number of hydrogen-bond acceptors (Lipinski definition) is 7. The number of benzene rings is 1. The van der Waals surface area contributed by atoms with E-state index < -0.39 is 23.0 Å². The molecule has 0 amide bonds. The van der Waals surface area contributed by atoms with Crippen molar-refractivity contribution in [2.75, 3.05) is 0 Å². The third-order valence-corrected chi connectivity index (χ3v) is 4.14. The van der Waals surface area contributed by atoms with Crippen LogP contribution in [-0.2, 0) is 6.18 Å². The summed E-state index contributed by atoms with van der Waals surface area (Å²) in [5.41, 5.74) is -2.71. The van der Waals surface area contributed by atoms with Crippen molar-refractivity contribution < 1.29 is 22.6 Å². The maximum atomic E-state index is 13.4. The van der Waals surface area contributed by atoms with Crippen molar-refractivity contribution in [2.24, 2.45) is 0 Å². The van der Waals surface area contributed by atoms with Gasteiger partial charge in [0.1, 0.15) is 23.7 Å². The highest BCUT2D eigenvalue weighted by molar-refractivity contribution is 7.93. The molecule has 13 heteroatoms. The lowest BCUT2D eigenvalue weighted by molar-refractivity contribution is -0.138. The third-order valence-electron chi connectivity index (χ3n) is 3.49. The van der Waals surface area contributed by atoms with E-state index in [1.54, 1.807) is 0 Å². The van der Waals surface area contributed by atoms with Crippen LogP contribution < -0.4 is 9.74 Å². The molecular weight excluding hydrogens is 377 g/mol. The summed E-state index contributed by atoms with van der Waals surface area (Å²) in [7, 11) is 0. The second-order valence-electron chi connectivity index (χ2n) is 5.06. The Balaban J connectivity index is 1.96. The van der Waals surface area contributed by atoms with Gasteiger partial charge in [0.15, 0.2) is 18.0 Å². The Hall–Kier alpha value is -3.22. The fourth-order valence-electron chi connectivity index (χ4n) is 2.35. The minimum atomic E-state index is -4.78. The van der Waals surface area contributed by atoms with Crippen molar-refractivity contribution >= 4 is 28.9 Å². The Morgan fingerprint density at radius 2 is 2.00 bits per heavy atom. The number of alkyl halides is 3. The first kappa shape index (κ1) is 16.3. The highest BCUT2D eigenvalue weighted by atomic mass is 32.2. The molecule has 0 saturated carbocycles. The SMILES string of the molecule is O=c1c2nncn2c2cc(OSn3ccnc3)c(C(F)(F)F)cc2n1O. The topological polar surface area (TPSA) is 99.5 Å². The summed E-state index contributed by atoms with van der Waals surface area (Å²) in [6.45, 7) is 0. The van der Waals surface area contributed by atoms with Crippen LogP contribution in [0.5, 0.6) is 5.75 Å². The van der Waals surface area contributed by atoms with Crippen LogP contribution in [0.25, 0.3) is 16.7 Å². The smallest absolute Gasteiger partial charge is 0.420 e. The number of rotatable bonds is 3. The van der Waals surface area contributed by atoms with Gasteiger partial charge in [-0.2, -0.15) is 13.2 Å². The quantitative estimate of drug-likeness (QED) is 0.426. The Morgan fingerprint density at radius 3 is 2.69 bits per heavy atom. The van der Waals surface area contributed by atoms with E-state index in [2.05, 4.69) is 15.2 Å². The summed E-state index contributed by atoms with van der Waals surface area (Å²) >= 11 is 0.616. The monoisotopic (exact) mass is 384 g/mol. The molecule has 0 aliphatic rings. The molecule has 0 atom stereocenters. The summed E-state index contributed by atoms with van der Waals surface area (Å²) in [5.74, 6) is -0.516. The van der Waals surface area contributed by atoms with Crippen LogP contribution in [0.15, 0.2) is 42.0 Å². The van der Waals surface area contributed by atoms with Gasteiger partial charge in [0.05, 0.1) is 5.52 Å². The number of hydrogen-bond donors (Lipinski definition) is 1. The third kappa shape index (κ3) is 2.52. The fraction of sp³-hybridized carbons (Fsp3) is 0.0769. The molecule has 0 aliphatic heterocycles. The van der Waals surface area contributed by atoms with Crippen LogP contribution >= 0.6 is 12.2 Å². The molecule has 0 unspecified atom stereocenters. The van der Waals surface area contributed by atoms with Crippen molar-refractivity contribution in [1.82, 2.24) is 28.3 Å². The minimum absolute atomic E-state index is 0.0568. The lowest BCUT2D eigenvalue weighted by atomic mass is 10.1. The first-order valence-electron chi connectivity index (χ1n) is 6.88. The second kappa shape index (κ2) is 5.66. The van der Waals surface area contributed by atoms with E-state index in [9.17, 15) is 23.2 Å². The predicted molar refractivity (Wildman–Crippen MR) is 82.8 cm³/mol. The van der Waals surface area contributed by atoms with E-state index in [0.29, 0.717) is 18.3 Å². The molecule has 3 heterocycles. The van der Waals surface area contributed by atoms with Gasteiger partial charge in [-0.25, -0.2) is 8.96 Å². The van der Waals surface area contributed by atoms with Crippen molar-refractivity contribution in [3.63, 3.8) is 0 Å². The average molecular weight is 384 g/mol. The van der Waals surface area contributed by atoms with Gasteiger partial charge in [-0.05, 0) is 6.07 Å². The Morgan fingerprint density at radius 1 is 1.19 bits per heavy atom. The molecule has 0 saturated heterocycles. The summed E-state index contributed by atoms with van der Waals surface area (Å²) < 4.78 is 48.1. The summed E-state index contributed by atoms with van der Waals surface area (Å²) in [6, 6.07) is 1.67. The molecule has 4 rings (SSSR count). The molecule has 0 fully saturated rings. The van der Waals surface area contributed by atoms with E-state index >= 15 is 0 Å². The Bertz CT molecular complexity index is 1170. The van der Waals surface area contributed by atoms with Gasteiger partial charge >= 0.3 is 11.7 Å². The first-order chi connectivity index (χ1) is 12.4. The largest absolute Gasteiger partial charge is 0.425 e. The van der Waals surface area contributed by atoms with Crippen LogP contribution in [0, 0.1) is 0 Å². The van der Waals surface area contributed by atoms with E-state index in [-0.39, 0.29) is 21.4 Å². The number of nitrogens with zero attached hydrogens (tertiary/aromatic N) is 6. The molecule has 4 aromatic rings. The fourth-order valence-corrected chi connectivity index (χ4v) is 2.85. The Labute approximate surface area is 145 Å². The number of fused-ring (bicyclic) bond motifs is 3. The van der Waals surface area contributed by atoms with Crippen LogP contribution in [0.4, 0.5) is 13.2 Å². The van der Waals surface area contributed by atoms with Gasteiger partial charge in [-0.1, -0.05) is 0 Å². The van der Waals surface area contributed by atoms with Gasteiger partial charge in [0, 0.05) is 18.5 Å². The van der Waals surface area contributed by atoms with Gasteiger partial charge in [0.2, 0.25) is 5.65 Å². The van der Waals surface area contributed by atoms with Crippen molar-refractivity contribution in [2.45, 2.75) is 6.18 Å². The lowest BCUT2D eigenvalue weighted by Crippen LogP contribution is -2.22. The van der Waals surface area contributed by atoms with E-state index in [0.717, 1.165) is 12.4 Å². The average Bonchev–Trinajstić information content (AvgIpc) is 3.27. The maximum Gasteiger partial charge on any atom is 0.420 e. The maximum absolute atomic E-state index is 13.4. The summed E-state index contributed by atoms with van der Waals surface area (Å²) in [6.07, 6.45) is 0.646. The molecular formula is C13H7F3N6O3S. The zero-order chi connectivity index (χ0) is 18.5. The molecule has 1 aromatic carbocycles. The van der Waals surface area contributed by atoms with Crippen LogP contribution in [-0.4, -0.2) is 33.5 Å². The zero-order valence-electron chi connectivity index (χ0n) is 12.5. The number of halogens is 3. The number of imidazole rings is 1. The van der Waals surface area contributed by atoms with Gasteiger partial charge < -0.3 is 9.39 Å². The van der Waals surface area contributed by atoms with Crippen LogP contribution in [0.1, 0.15) is 5.56 Å². The lowest BCUT2D eigenvalue weighted by Gasteiger charge is -2.15. The van der Waals surface area contributed by atoms with Crippen LogP contribution in [0.3, 0.4) is 0 Å². The number of aromatic nitrogens is 6. The Kier molecular flexibility index (Phi) is 3.54. The molecule has 1 N–H and O–H groups in total. The molecule has 0 radical (unpaired) electrons. The minimum Gasteiger partial charge on any atom is -0.425 e. The summed E-state index contributed by atoms with van der Waals surface area (Å²) in [4.78, 5) is 15.8. The summed E-state index contributed by atoms with van der Waals surface area (Å²) in [5, 5.41) is 17.0. The van der Waals surface area contributed by atoms with E-state index in [1.165, 1.54) is 27.1 Å². The first-order valence-corrected chi connectivity index (χ1v) is 7.58. The second-order valence-corrected chi connectivity index (χ2v) is 5.79. The van der Waals surface area contributed by atoms with Gasteiger partial charge in [-0.15, -0.1) is 14.9 Å². The zero-order valence-corrected chi connectivity index (χ0v) is 13.3. The molecule has 0 aliphatic carbocycles. The van der Waals surface area contributed by atoms with Gasteiger partial charge in [-0.3, -0.25) is 9.20 Å². The molecule has 134 valence electrons. The van der Waals surface area contributed by atoms with Crippen molar-refractivity contribution in [1.29, 1.82) is 0 Å². The van der Waals surface area contributed by atoms with Crippen molar-refractivity contribution in [3.8, 4) is 5.75 Å². The van der Waals surface area contributed by atoms with E-state index in [1.807, 2.05) is 0 Å². The highest BCUT2D eigenvalue weighted by Crippen LogP contribution is 2.39. The molecule has 3 aromatic heterocycles. The predicted octanol–water partition coefficient (Wildman–Crippen LogP) is 1.99. The molecule has 9 nitrogen and oxygen atoms in total. The molecule has 0 spiro atoms. The van der Waals surface area contributed by atoms with Crippen LogP contribution in [0.2, 0.25) is 0 Å².